The molecule has 0 aliphatic carbocycles. The summed E-state index contributed by atoms with van der Waals surface area (Å²) >= 11 is 0. The zero-order valence-corrected chi connectivity index (χ0v) is 14.2. The third-order valence-electron chi connectivity index (χ3n) is 5.44. The van der Waals surface area contributed by atoms with Crippen molar-refractivity contribution in [3.05, 3.63) is 65.2 Å². The van der Waals surface area contributed by atoms with Crippen molar-refractivity contribution >= 4 is 11.8 Å². The number of anilines is 1. The van der Waals surface area contributed by atoms with Crippen molar-refractivity contribution in [1.82, 2.24) is 0 Å². The molecule has 0 aromatic heterocycles. The minimum absolute atomic E-state index is 0.183. The number of hydrogen-bond acceptors (Lipinski definition) is 3. The molecule has 120 valence electrons. The van der Waals surface area contributed by atoms with Gasteiger partial charge in [-0.1, -0.05) is 24.3 Å². The summed E-state index contributed by atoms with van der Waals surface area (Å²) in [7, 11) is 2.09. The van der Waals surface area contributed by atoms with Gasteiger partial charge in [0, 0.05) is 18.3 Å². The van der Waals surface area contributed by atoms with Crippen molar-refractivity contribution in [3.63, 3.8) is 0 Å². The Morgan fingerprint density at radius 2 is 1.96 bits per heavy atom. The molecule has 0 saturated carbocycles. The van der Waals surface area contributed by atoms with Gasteiger partial charge in [0.2, 0.25) is 5.72 Å². The molecule has 1 spiro atoms. The van der Waals surface area contributed by atoms with E-state index < -0.39 is 5.72 Å². The zero-order chi connectivity index (χ0) is 16.9. The second-order valence-corrected chi connectivity index (χ2v) is 7.04. The summed E-state index contributed by atoms with van der Waals surface area (Å²) in [5.41, 5.74) is 3.83. The molecule has 2 aromatic carbocycles. The van der Waals surface area contributed by atoms with Gasteiger partial charge in [-0.25, -0.2) is 0 Å². The number of fused-ring (bicyclic) bond motifs is 2. The van der Waals surface area contributed by atoms with Crippen molar-refractivity contribution in [2.75, 3.05) is 11.9 Å². The first-order valence-corrected chi connectivity index (χ1v) is 8.21. The number of nitriles is 1. The Labute approximate surface area is 142 Å². The molecular formula is C21H20N2O. The van der Waals surface area contributed by atoms with Crippen molar-refractivity contribution in [2.45, 2.75) is 31.4 Å². The first-order chi connectivity index (χ1) is 11.5. The van der Waals surface area contributed by atoms with E-state index >= 15 is 0 Å². The minimum atomic E-state index is -0.541. The molecule has 2 heterocycles. The Bertz CT molecular complexity index is 891. The SMILES string of the molecule is CN1c2ccccc2C(C)(C)C12C=Cc1cc(CC#N)ccc1O2. The predicted molar refractivity (Wildman–Crippen MR) is 96.0 cm³/mol. The summed E-state index contributed by atoms with van der Waals surface area (Å²) in [5.74, 6) is 0.868. The summed E-state index contributed by atoms with van der Waals surface area (Å²) in [6, 6.07) is 16.7. The van der Waals surface area contributed by atoms with Crippen LogP contribution in [0.4, 0.5) is 5.69 Å². The largest absolute Gasteiger partial charge is 0.463 e. The van der Waals surface area contributed by atoms with Gasteiger partial charge in [0.25, 0.3) is 0 Å². The highest BCUT2D eigenvalue weighted by Crippen LogP contribution is 2.54. The molecule has 0 fully saturated rings. The highest BCUT2D eigenvalue weighted by Gasteiger charge is 2.57. The molecule has 0 bridgehead atoms. The van der Waals surface area contributed by atoms with Crippen LogP contribution in [0.2, 0.25) is 0 Å². The zero-order valence-electron chi connectivity index (χ0n) is 14.2. The van der Waals surface area contributed by atoms with Crippen LogP contribution in [0, 0.1) is 11.3 Å². The lowest BCUT2D eigenvalue weighted by atomic mass is 9.76. The summed E-state index contributed by atoms with van der Waals surface area (Å²) in [4.78, 5) is 2.23. The molecule has 1 unspecified atom stereocenters. The Balaban J connectivity index is 1.82. The van der Waals surface area contributed by atoms with E-state index in [-0.39, 0.29) is 5.41 Å². The lowest BCUT2D eigenvalue weighted by Crippen LogP contribution is -2.58. The second-order valence-electron chi connectivity index (χ2n) is 7.04. The minimum Gasteiger partial charge on any atom is -0.463 e. The molecule has 0 radical (unpaired) electrons. The number of ether oxygens (including phenoxy) is 1. The third kappa shape index (κ3) is 1.77. The molecule has 2 aromatic rings. The highest BCUT2D eigenvalue weighted by atomic mass is 16.5. The van der Waals surface area contributed by atoms with Crippen LogP contribution >= 0.6 is 0 Å². The fourth-order valence-electron chi connectivity index (χ4n) is 4.03. The Hall–Kier alpha value is -2.73. The van der Waals surface area contributed by atoms with Crippen LogP contribution in [0.1, 0.15) is 30.5 Å². The standard InChI is InChI=1S/C21H20N2O/c1-20(2)17-6-4-5-7-18(17)23(3)21(20)12-10-16-14-15(11-13-22)8-9-19(16)24-21/h4-10,12,14H,11H2,1-3H3. The summed E-state index contributed by atoms with van der Waals surface area (Å²) in [5, 5.41) is 8.89. The van der Waals surface area contributed by atoms with E-state index in [9.17, 15) is 0 Å². The van der Waals surface area contributed by atoms with E-state index in [2.05, 4.69) is 68.3 Å². The van der Waals surface area contributed by atoms with Gasteiger partial charge in [0.15, 0.2) is 0 Å². The quantitative estimate of drug-likeness (QED) is 0.788. The first kappa shape index (κ1) is 14.8. The van der Waals surface area contributed by atoms with Gasteiger partial charge in [-0.15, -0.1) is 0 Å². The summed E-state index contributed by atoms with van der Waals surface area (Å²) < 4.78 is 6.58. The molecule has 24 heavy (non-hydrogen) atoms. The average Bonchev–Trinajstić information content (AvgIpc) is 2.75. The van der Waals surface area contributed by atoms with Crippen LogP contribution < -0.4 is 9.64 Å². The van der Waals surface area contributed by atoms with Gasteiger partial charge in [-0.2, -0.15) is 5.26 Å². The molecule has 1 atom stereocenters. The third-order valence-corrected chi connectivity index (χ3v) is 5.44. The van der Waals surface area contributed by atoms with Crippen LogP contribution in [0.25, 0.3) is 6.08 Å². The fourth-order valence-corrected chi connectivity index (χ4v) is 4.03. The molecule has 3 heteroatoms. The molecule has 3 nitrogen and oxygen atoms in total. The number of benzene rings is 2. The Morgan fingerprint density at radius 1 is 1.17 bits per heavy atom. The van der Waals surface area contributed by atoms with Gasteiger partial charge in [0.05, 0.1) is 17.9 Å². The van der Waals surface area contributed by atoms with Crippen LogP contribution in [-0.2, 0) is 11.8 Å². The van der Waals surface area contributed by atoms with E-state index in [0.717, 1.165) is 16.9 Å². The maximum Gasteiger partial charge on any atom is 0.211 e. The van der Waals surface area contributed by atoms with E-state index in [1.165, 1.54) is 11.3 Å². The lowest BCUT2D eigenvalue weighted by molar-refractivity contribution is 0.0581. The van der Waals surface area contributed by atoms with Gasteiger partial charge >= 0.3 is 0 Å². The monoisotopic (exact) mass is 316 g/mol. The molecule has 0 N–H and O–H groups in total. The van der Waals surface area contributed by atoms with Crippen LogP contribution in [-0.4, -0.2) is 12.8 Å². The molecule has 0 amide bonds. The van der Waals surface area contributed by atoms with E-state index in [1.807, 2.05) is 18.2 Å². The van der Waals surface area contributed by atoms with Gasteiger partial charge in [0.1, 0.15) is 5.75 Å². The normalized spacial score (nSPS) is 22.7. The molecule has 0 saturated heterocycles. The van der Waals surface area contributed by atoms with Crippen molar-refractivity contribution in [3.8, 4) is 11.8 Å². The second kappa shape index (κ2) is 4.88. The summed E-state index contributed by atoms with van der Waals surface area (Å²) in [6.45, 7) is 4.46. The van der Waals surface area contributed by atoms with Crippen LogP contribution in [0.15, 0.2) is 48.5 Å². The topological polar surface area (TPSA) is 36.3 Å². The highest BCUT2D eigenvalue weighted by molar-refractivity contribution is 5.72. The predicted octanol–water partition coefficient (Wildman–Crippen LogP) is 4.28. The Morgan fingerprint density at radius 3 is 2.71 bits per heavy atom. The number of rotatable bonds is 1. The van der Waals surface area contributed by atoms with E-state index in [4.69, 9.17) is 10.00 Å². The van der Waals surface area contributed by atoms with Crippen molar-refractivity contribution < 1.29 is 4.74 Å². The maximum atomic E-state index is 8.89. The number of hydrogen-bond donors (Lipinski definition) is 0. The lowest BCUT2D eigenvalue weighted by Gasteiger charge is -2.45. The fraction of sp³-hybridized carbons (Fsp3) is 0.286. The first-order valence-electron chi connectivity index (χ1n) is 8.21. The molecular weight excluding hydrogens is 296 g/mol. The van der Waals surface area contributed by atoms with Crippen molar-refractivity contribution in [1.29, 1.82) is 5.26 Å². The van der Waals surface area contributed by atoms with E-state index in [1.54, 1.807) is 0 Å². The maximum absolute atomic E-state index is 8.89. The smallest absolute Gasteiger partial charge is 0.211 e. The Kier molecular flexibility index (Phi) is 3.02. The molecule has 4 rings (SSSR count). The molecule has 2 aliphatic heterocycles. The average molecular weight is 316 g/mol. The molecule has 2 aliphatic rings. The van der Waals surface area contributed by atoms with E-state index in [0.29, 0.717) is 6.42 Å². The van der Waals surface area contributed by atoms with Crippen LogP contribution in [0.5, 0.6) is 5.75 Å². The summed E-state index contributed by atoms with van der Waals surface area (Å²) in [6.07, 6.45) is 4.71. The van der Waals surface area contributed by atoms with Gasteiger partial charge in [-0.3, -0.25) is 0 Å². The number of nitrogens with zero attached hydrogens (tertiary/aromatic N) is 2. The van der Waals surface area contributed by atoms with Crippen molar-refractivity contribution in [2.24, 2.45) is 0 Å². The number of para-hydroxylation sites is 1. The van der Waals surface area contributed by atoms with Crippen LogP contribution in [0.3, 0.4) is 0 Å². The van der Waals surface area contributed by atoms with Gasteiger partial charge in [-0.05, 0) is 55.3 Å². The van der Waals surface area contributed by atoms with Gasteiger partial charge < -0.3 is 9.64 Å². The number of likely N-dealkylation sites (N-methyl/N-ethyl adjacent to an activating group) is 1.